The van der Waals surface area contributed by atoms with Crippen LogP contribution in [-0.2, 0) is 4.79 Å². The van der Waals surface area contributed by atoms with E-state index in [-0.39, 0.29) is 5.12 Å². The smallest absolute Gasteiger partial charge is 0.216 e. The second-order valence-electron chi connectivity index (χ2n) is 1.71. The maximum atomic E-state index is 11.0. The summed E-state index contributed by atoms with van der Waals surface area (Å²) in [7, 11) is -0.564. The molecule has 10 heavy (non-hydrogen) atoms. The lowest BCUT2D eigenvalue weighted by Gasteiger charge is -1.99. The van der Waals surface area contributed by atoms with Gasteiger partial charge in [0, 0.05) is 12.3 Å². The number of azo groups is 1. The number of carbonyl (C=O) groups is 1. The highest BCUT2D eigenvalue weighted by molar-refractivity contribution is 8.39. The Morgan fingerprint density at radius 3 is 3.20 bits per heavy atom. The fourth-order valence-corrected chi connectivity index (χ4v) is 1.71. The van der Waals surface area contributed by atoms with Crippen LogP contribution in [0.1, 0.15) is 0 Å². The Balaban J connectivity index is 2.54. The first kappa shape index (κ1) is 5.67. The fraction of sp³-hybridized carbons (Fsp3) is 0. The number of amidine groups is 1. The molecule has 0 saturated heterocycles. The minimum atomic E-state index is -0.564. The Morgan fingerprint density at radius 1 is 1.50 bits per heavy atom. The van der Waals surface area contributed by atoms with Gasteiger partial charge >= 0.3 is 0 Å². The van der Waals surface area contributed by atoms with Crippen LogP contribution in [0.25, 0.3) is 0 Å². The van der Waals surface area contributed by atoms with Gasteiger partial charge in [-0.25, -0.2) is 4.99 Å². The van der Waals surface area contributed by atoms with Crippen molar-refractivity contribution in [3.05, 3.63) is 12.3 Å². The molecule has 0 amide bonds. The van der Waals surface area contributed by atoms with E-state index in [0.29, 0.717) is 5.17 Å². The van der Waals surface area contributed by atoms with Crippen molar-refractivity contribution in [2.45, 2.75) is 0 Å². The molecule has 2 aliphatic rings. The number of rotatable bonds is 0. The van der Waals surface area contributed by atoms with Gasteiger partial charge in [-0.2, -0.15) is 0 Å². The largest absolute Gasteiger partial charge is 0.282 e. The standard InChI is InChI=1S/C5H3N3OS/c9-4-1-2-6-5-8-7-3-10(4)5/h1-3H. The van der Waals surface area contributed by atoms with E-state index in [2.05, 4.69) is 15.2 Å². The summed E-state index contributed by atoms with van der Waals surface area (Å²) >= 11 is 0. The molecule has 2 rings (SSSR count). The van der Waals surface area contributed by atoms with Crippen LogP contribution in [0.2, 0.25) is 0 Å². The average molecular weight is 153 g/mol. The van der Waals surface area contributed by atoms with Gasteiger partial charge in [0.1, 0.15) is 0 Å². The number of carbonyl (C=O) groups excluding carboxylic acids is 1. The molecule has 1 unspecified atom stereocenters. The van der Waals surface area contributed by atoms with Crippen molar-refractivity contribution in [2.24, 2.45) is 15.2 Å². The topological polar surface area (TPSA) is 54.1 Å². The van der Waals surface area contributed by atoms with Gasteiger partial charge in [-0.05, 0) is 10.5 Å². The van der Waals surface area contributed by atoms with Gasteiger partial charge in [-0.15, -0.1) is 10.2 Å². The molecule has 0 radical (unpaired) electrons. The average Bonchev–Trinajstić information content (AvgIpc) is 2.36. The van der Waals surface area contributed by atoms with Gasteiger partial charge < -0.3 is 0 Å². The summed E-state index contributed by atoms with van der Waals surface area (Å²) in [4.78, 5) is 14.8. The van der Waals surface area contributed by atoms with Crippen LogP contribution in [0.4, 0.5) is 0 Å². The Kier molecular flexibility index (Phi) is 1.10. The SMILES string of the molecule is O=C1C=CN=C2N=NC=S12. The third kappa shape index (κ3) is 0.672. The zero-order valence-corrected chi connectivity index (χ0v) is 5.71. The summed E-state index contributed by atoms with van der Waals surface area (Å²) < 4.78 is 0. The minimum absolute atomic E-state index is 0.0370. The lowest BCUT2D eigenvalue weighted by atomic mass is 10.7. The maximum absolute atomic E-state index is 11.0. The summed E-state index contributed by atoms with van der Waals surface area (Å²) in [5.74, 6) is 0. The molecule has 4 nitrogen and oxygen atoms in total. The van der Waals surface area contributed by atoms with Crippen molar-refractivity contribution in [1.82, 2.24) is 0 Å². The summed E-state index contributed by atoms with van der Waals surface area (Å²) in [6.07, 6.45) is 2.90. The lowest BCUT2D eigenvalue weighted by Crippen LogP contribution is -1.99. The van der Waals surface area contributed by atoms with E-state index in [1.54, 1.807) is 0 Å². The minimum Gasteiger partial charge on any atom is -0.282 e. The van der Waals surface area contributed by atoms with E-state index in [0.717, 1.165) is 0 Å². The van der Waals surface area contributed by atoms with Crippen molar-refractivity contribution in [2.75, 3.05) is 0 Å². The first-order valence-corrected chi connectivity index (χ1v) is 3.92. The van der Waals surface area contributed by atoms with Crippen molar-refractivity contribution in [3.8, 4) is 0 Å². The molecule has 0 bridgehead atoms. The molecule has 50 valence electrons. The van der Waals surface area contributed by atoms with E-state index < -0.39 is 10.5 Å². The summed E-state index contributed by atoms with van der Waals surface area (Å²) in [5.41, 5.74) is 1.53. The summed E-state index contributed by atoms with van der Waals surface area (Å²) in [5, 5.41) is 7.84. The molecule has 5 heteroatoms. The van der Waals surface area contributed by atoms with Crippen molar-refractivity contribution < 1.29 is 4.79 Å². The molecule has 2 aliphatic heterocycles. The molecule has 0 aliphatic carbocycles. The molecule has 0 N–H and O–H groups in total. The summed E-state index contributed by atoms with van der Waals surface area (Å²) in [6, 6.07) is 0. The lowest BCUT2D eigenvalue weighted by molar-refractivity contribution is -0.107. The molecule has 0 aromatic heterocycles. The van der Waals surface area contributed by atoms with E-state index >= 15 is 0 Å². The van der Waals surface area contributed by atoms with Gasteiger partial charge in [0.05, 0.1) is 5.49 Å². The number of hydrogen-bond acceptors (Lipinski definition) is 4. The van der Waals surface area contributed by atoms with Gasteiger partial charge in [0.2, 0.25) is 10.3 Å². The molecule has 0 aromatic carbocycles. The second-order valence-corrected chi connectivity index (χ2v) is 3.36. The first-order valence-electron chi connectivity index (χ1n) is 2.63. The molecular formula is C5H3N3OS. The van der Waals surface area contributed by atoms with E-state index in [1.807, 2.05) is 0 Å². The third-order valence-corrected chi connectivity index (χ3v) is 2.56. The monoisotopic (exact) mass is 153 g/mol. The van der Waals surface area contributed by atoms with Crippen LogP contribution < -0.4 is 0 Å². The molecule has 0 saturated carbocycles. The van der Waals surface area contributed by atoms with Gasteiger partial charge in [-0.1, -0.05) is 0 Å². The number of nitrogens with zero attached hydrogens (tertiary/aromatic N) is 3. The Bertz CT molecular complexity index is 307. The molecule has 0 aromatic rings. The summed E-state index contributed by atoms with van der Waals surface area (Å²) in [6.45, 7) is 0. The quantitative estimate of drug-likeness (QED) is 0.477. The second kappa shape index (κ2) is 1.95. The van der Waals surface area contributed by atoms with Gasteiger partial charge in [0.15, 0.2) is 0 Å². The third-order valence-electron chi connectivity index (χ3n) is 1.10. The van der Waals surface area contributed by atoms with Crippen LogP contribution in [0.5, 0.6) is 0 Å². The molecule has 1 atom stereocenters. The normalized spacial score (nSPS) is 27.8. The zero-order valence-electron chi connectivity index (χ0n) is 4.89. The molecule has 0 fully saturated rings. The van der Waals surface area contributed by atoms with E-state index in [1.165, 1.54) is 17.8 Å². The van der Waals surface area contributed by atoms with Crippen LogP contribution in [0.3, 0.4) is 0 Å². The van der Waals surface area contributed by atoms with Crippen LogP contribution >= 0.6 is 10.5 Å². The van der Waals surface area contributed by atoms with Crippen molar-refractivity contribution >= 4 is 26.3 Å². The predicted octanol–water partition coefficient (Wildman–Crippen LogP) is 0.891. The van der Waals surface area contributed by atoms with Crippen molar-refractivity contribution in [1.29, 1.82) is 0 Å². The predicted molar refractivity (Wildman–Crippen MR) is 40.1 cm³/mol. The molecule has 0 spiro atoms. The maximum Gasteiger partial charge on any atom is 0.216 e. The Morgan fingerprint density at radius 2 is 2.40 bits per heavy atom. The highest BCUT2D eigenvalue weighted by Gasteiger charge is 2.17. The van der Waals surface area contributed by atoms with Crippen LogP contribution in [0.15, 0.2) is 27.5 Å². The highest BCUT2D eigenvalue weighted by atomic mass is 32.2. The number of fused-ring (bicyclic) bond motifs is 1. The number of aliphatic imine (C=N–C) groups is 1. The highest BCUT2D eigenvalue weighted by Crippen LogP contribution is 2.25. The Labute approximate surface area is 59.3 Å². The molecule has 2 heterocycles. The van der Waals surface area contributed by atoms with E-state index in [4.69, 9.17) is 0 Å². The zero-order chi connectivity index (χ0) is 6.97. The van der Waals surface area contributed by atoms with Crippen LogP contribution in [-0.4, -0.2) is 15.8 Å². The van der Waals surface area contributed by atoms with E-state index in [9.17, 15) is 4.79 Å². The first-order chi connectivity index (χ1) is 4.88. The van der Waals surface area contributed by atoms with Crippen LogP contribution in [0, 0.1) is 0 Å². The molecular weight excluding hydrogens is 150 g/mol. The number of hydrogen-bond donors (Lipinski definition) is 0. The Hall–Kier alpha value is -1.10. The fourth-order valence-electron chi connectivity index (χ4n) is 0.671. The van der Waals surface area contributed by atoms with Crippen molar-refractivity contribution in [3.63, 3.8) is 0 Å². The van der Waals surface area contributed by atoms with Gasteiger partial charge in [-0.3, -0.25) is 4.79 Å². The van der Waals surface area contributed by atoms with Gasteiger partial charge in [0.25, 0.3) is 0 Å².